The van der Waals surface area contributed by atoms with Gasteiger partial charge in [0.1, 0.15) is 0 Å². The fraction of sp³-hybridized carbons (Fsp3) is 0.625. The van der Waals surface area contributed by atoms with Gasteiger partial charge in [0.25, 0.3) is 0 Å². The highest BCUT2D eigenvalue weighted by molar-refractivity contribution is 5.14. The summed E-state index contributed by atoms with van der Waals surface area (Å²) in [7, 11) is 0. The summed E-state index contributed by atoms with van der Waals surface area (Å²) in [4.78, 5) is 2.56. The third-order valence-electron chi connectivity index (χ3n) is 3.97. The maximum atomic E-state index is 3.71. The molecule has 0 radical (unpaired) electrons. The van der Waals surface area contributed by atoms with Gasteiger partial charge in [-0.15, -0.1) is 0 Å². The number of benzene rings is 1. The van der Waals surface area contributed by atoms with Gasteiger partial charge in [-0.2, -0.15) is 0 Å². The molecule has 0 saturated carbocycles. The summed E-state index contributed by atoms with van der Waals surface area (Å²) in [5.41, 5.74) is 1.43. The molecule has 2 heteroatoms. The summed E-state index contributed by atoms with van der Waals surface area (Å²) in [6, 6.07) is 11.5. The van der Waals surface area contributed by atoms with E-state index in [0.29, 0.717) is 6.04 Å². The van der Waals surface area contributed by atoms with Crippen molar-refractivity contribution in [1.82, 2.24) is 10.2 Å². The molecule has 100 valence electrons. The fourth-order valence-electron chi connectivity index (χ4n) is 2.50. The number of likely N-dealkylation sites (tertiary alicyclic amines) is 1. The van der Waals surface area contributed by atoms with Crippen LogP contribution in [-0.4, -0.2) is 30.6 Å². The summed E-state index contributed by atoms with van der Waals surface area (Å²) < 4.78 is 0. The van der Waals surface area contributed by atoms with Crippen LogP contribution in [0.25, 0.3) is 0 Å². The van der Waals surface area contributed by atoms with Gasteiger partial charge in [0.2, 0.25) is 0 Å². The van der Waals surface area contributed by atoms with E-state index in [1.807, 2.05) is 0 Å². The minimum absolute atomic E-state index is 0.697. The summed E-state index contributed by atoms with van der Waals surface area (Å²) >= 11 is 0. The topological polar surface area (TPSA) is 15.3 Å². The van der Waals surface area contributed by atoms with Crippen molar-refractivity contribution in [1.29, 1.82) is 0 Å². The number of nitrogens with one attached hydrogen (secondary N) is 1. The lowest BCUT2D eigenvalue weighted by molar-refractivity contribution is 0.317. The molecule has 1 aromatic rings. The van der Waals surface area contributed by atoms with E-state index in [2.05, 4.69) is 54.4 Å². The second kappa shape index (κ2) is 6.91. The molecule has 1 N–H and O–H groups in total. The largest absolute Gasteiger partial charge is 0.312 e. The first-order valence-electron chi connectivity index (χ1n) is 7.27. The van der Waals surface area contributed by atoms with Crippen molar-refractivity contribution in [2.75, 3.05) is 19.6 Å². The van der Waals surface area contributed by atoms with E-state index < -0.39 is 0 Å². The predicted molar refractivity (Wildman–Crippen MR) is 77.6 cm³/mol. The summed E-state index contributed by atoms with van der Waals surface area (Å²) in [6.45, 7) is 9.29. The molecule has 0 amide bonds. The van der Waals surface area contributed by atoms with Crippen molar-refractivity contribution in [2.24, 2.45) is 5.92 Å². The van der Waals surface area contributed by atoms with Crippen molar-refractivity contribution in [3.63, 3.8) is 0 Å². The quantitative estimate of drug-likeness (QED) is 0.830. The van der Waals surface area contributed by atoms with Crippen molar-refractivity contribution in [3.8, 4) is 0 Å². The van der Waals surface area contributed by atoms with E-state index in [-0.39, 0.29) is 0 Å². The third kappa shape index (κ3) is 4.11. The van der Waals surface area contributed by atoms with Gasteiger partial charge in [-0.05, 0) is 24.4 Å². The molecule has 1 fully saturated rings. The minimum Gasteiger partial charge on any atom is -0.312 e. The van der Waals surface area contributed by atoms with Gasteiger partial charge in [-0.1, -0.05) is 50.6 Å². The van der Waals surface area contributed by atoms with Gasteiger partial charge in [0.15, 0.2) is 0 Å². The Bertz CT molecular complexity index is 336. The average molecular weight is 246 g/mol. The molecule has 2 atom stereocenters. The molecule has 0 aliphatic carbocycles. The fourth-order valence-corrected chi connectivity index (χ4v) is 2.50. The minimum atomic E-state index is 0.697. The van der Waals surface area contributed by atoms with Crippen LogP contribution < -0.4 is 5.32 Å². The highest BCUT2D eigenvalue weighted by Crippen LogP contribution is 2.13. The number of hydrogen-bond acceptors (Lipinski definition) is 2. The van der Waals surface area contributed by atoms with E-state index in [9.17, 15) is 0 Å². The summed E-state index contributed by atoms with van der Waals surface area (Å²) in [6.07, 6.45) is 2.57. The van der Waals surface area contributed by atoms with Crippen LogP contribution in [0.15, 0.2) is 30.3 Å². The van der Waals surface area contributed by atoms with Crippen LogP contribution in [0.1, 0.15) is 32.3 Å². The van der Waals surface area contributed by atoms with Gasteiger partial charge in [0, 0.05) is 25.7 Å². The third-order valence-corrected chi connectivity index (χ3v) is 3.97. The SMILES string of the molecule is CCC(C)CNC1CCN(Cc2ccccc2)C1. The zero-order chi connectivity index (χ0) is 12.8. The Morgan fingerprint density at radius 1 is 1.33 bits per heavy atom. The Hall–Kier alpha value is -0.860. The van der Waals surface area contributed by atoms with Crippen LogP contribution in [0.4, 0.5) is 0 Å². The molecular formula is C16H26N2. The zero-order valence-corrected chi connectivity index (χ0v) is 11.7. The lowest BCUT2D eigenvalue weighted by atomic mass is 10.1. The molecule has 1 heterocycles. The monoisotopic (exact) mass is 246 g/mol. The van der Waals surface area contributed by atoms with E-state index in [1.165, 1.54) is 38.0 Å². The van der Waals surface area contributed by atoms with Crippen LogP contribution in [0.2, 0.25) is 0 Å². The maximum Gasteiger partial charge on any atom is 0.0234 e. The van der Waals surface area contributed by atoms with Crippen LogP contribution in [0.3, 0.4) is 0 Å². The molecule has 1 aromatic carbocycles. The first kappa shape index (κ1) is 13.6. The predicted octanol–water partition coefficient (Wildman–Crippen LogP) is 2.90. The van der Waals surface area contributed by atoms with Crippen LogP contribution in [0.5, 0.6) is 0 Å². The van der Waals surface area contributed by atoms with Crippen LogP contribution >= 0.6 is 0 Å². The lowest BCUT2D eigenvalue weighted by Gasteiger charge is -2.18. The van der Waals surface area contributed by atoms with E-state index in [0.717, 1.165) is 12.5 Å². The second-order valence-electron chi connectivity index (χ2n) is 5.63. The first-order chi connectivity index (χ1) is 8.78. The van der Waals surface area contributed by atoms with Gasteiger partial charge in [-0.3, -0.25) is 4.90 Å². The van der Waals surface area contributed by atoms with Gasteiger partial charge in [-0.25, -0.2) is 0 Å². The second-order valence-corrected chi connectivity index (χ2v) is 5.63. The number of rotatable bonds is 6. The molecule has 0 bridgehead atoms. The Morgan fingerprint density at radius 3 is 2.83 bits per heavy atom. The molecule has 1 saturated heterocycles. The first-order valence-corrected chi connectivity index (χ1v) is 7.27. The number of nitrogens with zero attached hydrogens (tertiary/aromatic N) is 1. The molecule has 2 rings (SSSR count). The zero-order valence-electron chi connectivity index (χ0n) is 11.7. The van der Waals surface area contributed by atoms with Crippen molar-refractivity contribution < 1.29 is 0 Å². The van der Waals surface area contributed by atoms with Gasteiger partial charge in [0.05, 0.1) is 0 Å². The normalized spacial score (nSPS) is 22.2. The average Bonchev–Trinajstić information content (AvgIpc) is 2.85. The molecule has 2 unspecified atom stereocenters. The molecule has 2 nitrogen and oxygen atoms in total. The molecule has 18 heavy (non-hydrogen) atoms. The van der Waals surface area contributed by atoms with E-state index >= 15 is 0 Å². The van der Waals surface area contributed by atoms with Crippen molar-refractivity contribution in [2.45, 2.75) is 39.3 Å². The van der Waals surface area contributed by atoms with Crippen molar-refractivity contribution in [3.05, 3.63) is 35.9 Å². The molecule has 1 aliphatic heterocycles. The molecular weight excluding hydrogens is 220 g/mol. The smallest absolute Gasteiger partial charge is 0.0234 e. The van der Waals surface area contributed by atoms with E-state index in [4.69, 9.17) is 0 Å². The highest BCUT2D eigenvalue weighted by Gasteiger charge is 2.21. The van der Waals surface area contributed by atoms with E-state index in [1.54, 1.807) is 0 Å². The molecule has 1 aliphatic rings. The highest BCUT2D eigenvalue weighted by atomic mass is 15.2. The summed E-state index contributed by atoms with van der Waals surface area (Å²) in [5, 5.41) is 3.71. The maximum absolute atomic E-state index is 3.71. The molecule has 0 aromatic heterocycles. The lowest BCUT2D eigenvalue weighted by Crippen LogP contribution is -2.35. The van der Waals surface area contributed by atoms with Crippen LogP contribution in [0, 0.1) is 5.92 Å². The van der Waals surface area contributed by atoms with Crippen LogP contribution in [-0.2, 0) is 6.54 Å². The Morgan fingerprint density at radius 2 is 2.11 bits per heavy atom. The molecule has 0 spiro atoms. The summed E-state index contributed by atoms with van der Waals surface area (Å²) in [5.74, 6) is 0.799. The Kier molecular flexibility index (Phi) is 5.21. The number of hydrogen-bond donors (Lipinski definition) is 1. The van der Waals surface area contributed by atoms with Crippen molar-refractivity contribution >= 4 is 0 Å². The Labute approximate surface area is 111 Å². The van der Waals surface area contributed by atoms with Gasteiger partial charge < -0.3 is 5.32 Å². The standard InChI is InChI=1S/C16H26N2/c1-3-14(2)11-17-16-9-10-18(13-16)12-15-7-5-4-6-8-15/h4-8,14,16-17H,3,9-13H2,1-2H3. The van der Waals surface area contributed by atoms with Gasteiger partial charge >= 0.3 is 0 Å². The Balaban J connectivity index is 1.72.